The van der Waals surface area contributed by atoms with Crippen molar-refractivity contribution in [3.8, 4) is 0 Å². The molecule has 1 aromatic rings. The largest absolute Gasteiger partial charge is 0.374 e. The molecule has 9 heteroatoms. The maximum absolute atomic E-state index is 12.0. The molecule has 4 atom stereocenters. The lowest BCUT2D eigenvalue weighted by Crippen LogP contribution is -2.48. The standard InChI is InChI=1S/C22H37NO6SSi/c1-22(2)27-16-19(28-22)20-21(26-12-13-31(4,5)6)18(29-30(3,24)25)15-23(20)14-17-10-8-7-9-11-17/h7-11,18-21H,12-16H2,1-6H3/t18-,19-,20+,21+/m1/s1. The minimum Gasteiger partial charge on any atom is -0.374 e. The van der Waals surface area contributed by atoms with E-state index in [4.69, 9.17) is 18.4 Å². The van der Waals surface area contributed by atoms with Crippen LogP contribution < -0.4 is 0 Å². The molecule has 2 heterocycles. The lowest BCUT2D eigenvalue weighted by Gasteiger charge is -2.33. The monoisotopic (exact) mass is 471 g/mol. The Bertz CT molecular complexity index is 826. The molecule has 0 N–H and O–H groups in total. The van der Waals surface area contributed by atoms with Crippen molar-refractivity contribution in [1.82, 2.24) is 4.90 Å². The van der Waals surface area contributed by atoms with Gasteiger partial charge in [-0.05, 0) is 25.5 Å². The zero-order chi connectivity index (χ0) is 22.9. The molecule has 0 amide bonds. The summed E-state index contributed by atoms with van der Waals surface area (Å²) in [7, 11) is -4.94. The van der Waals surface area contributed by atoms with E-state index in [2.05, 4.69) is 36.7 Å². The Morgan fingerprint density at radius 1 is 1.19 bits per heavy atom. The molecule has 3 rings (SSSR count). The van der Waals surface area contributed by atoms with E-state index in [9.17, 15) is 8.42 Å². The highest BCUT2D eigenvalue weighted by Crippen LogP contribution is 2.35. The molecule has 0 bridgehead atoms. The van der Waals surface area contributed by atoms with Crippen molar-refractivity contribution in [2.45, 2.75) is 76.2 Å². The fourth-order valence-corrected chi connectivity index (χ4v) is 5.57. The van der Waals surface area contributed by atoms with Crippen LogP contribution >= 0.6 is 0 Å². The third-order valence-corrected chi connectivity index (χ3v) is 7.94. The van der Waals surface area contributed by atoms with Crippen LogP contribution in [0.5, 0.6) is 0 Å². The molecule has 0 unspecified atom stereocenters. The van der Waals surface area contributed by atoms with Gasteiger partial charge in [0, 0.05) is 27.8 Å². The number of nitrogens with zero attached hydrogens (tertiary/aromatic N) is 1. The van der Waals surface area contributed by atoms with Crippen LogP contribution in [0.4, 0.5) is 0 Å². The minimum atomic E-state index is -3.63. The number of ether oxygens (including phenoxy) is 3. The summed E-state index contributed by atoms with van der Waals surface area (Å²) < 4.78 is 48.0. The first-order chi connectivity index (χ1) is 14.3. The Morgan fingerprint density at radius 2 is 1.87 bits per heavy atom. The Kier molecular flexibility index (Phi) is 7.67. The number of likely N-dealkylation sites (tertiary alicyclic amines) is 1. The van der Waals surface area contributed by atoms with E-state index in [1.807, 2.05) is 32.0 Å². The van der Waals surface area contributed by atoms with E-state index in [-0.39, 0.29) is 12.1 Å². The van der Waals surface area contributed by atoms with Crippen LogP contribution in [-0.2, 0) is 35.1 Å². The first-order valence-electron chi connectivity index (χ1n) is 10.9. The molecule has 0 saturated carbocycles. The van der Waals surface area contributed by atoms with Crippen molar-refractivity contribution in [1.29, 1.82) is 0 Å². The molecule has 2 saturated heterocycles. The number of benzene rings is 1. The molecule has 0 aliphatic carbocycles. The van der Waals surface area contributed by atoms with Crippen LogP contribution in [-0.4, -0.2) is 77.5 Å². The highest BCUT2D eigenvalue weighted by molar-refractivity contribution is 7.86. The van der Waals surface area contributed by atoms with Crippen LogP contribution in [0.25, 0.3) is 0 Å². The summed E-state index contributed by atoms with van der Waals surface area (Å²) in [5, 5.41) is 0. The van der Waals surface area contributed by atoms with Gasteiger partial charge in [-0.3, -0.25) is 9.08 Å². The molecule has 7 nitrogen and oxygen atoms in total. The average Bonchev–Trinajstić information content (AvgIpc) is 3.13. The van der Waals surface area contributed by atoms with Gasteiger partial charge in [0.05, 0.1) is 18.9 Å². The van der Waals surface area contributed by atoms with Gasteiger partial charge >= 0.3 is 0 Å². The van der Waals surface area contributed by atoms with E-state index in [1.54, 1.807) is 0 Å². The fraction of sp³-hybridized carbons (Fsp3) is 0.727. The highest BCUT2D eigenvalue weighted by atomic mass is 32.2. The second-order valence-electron chi connectivity index (χ2n) is 10.3. The normalized spacial score (nSPS) is 29.5. The van der Waals surface area contributed by atoms with Crippen molar-refractivity contribution in [3.63, 3.8) is 0 Å². The third-order valence-electron chi connectivity index (χ3n) is 5.64. The molecule has 2 fully saturated rings. The van der Waals surface area contributed by atoms with Gasteiger partial charge in [0.2, 0.25) is 0 Å². The predicted octanol–water partition coefficient (Wildman–Crippen LogP) is 3.09. The van der Waals surface area contributed by atoms with Gasteiger partial charge in [-0.25, -0.2) is 0 Å². The van der Waals surface area contributed by atoms with Gasteiger partial charge in [0.25, 0.3) is 10.1 Å². The molecular weight excluding hydrogens is 434 g/mol. The zero-order valence-electron chi connectivity index (χ0n) is 19.5. The third kappa shape index (κ3) is 7.35. The van der Waals surface area contributed by atoms with E-state index >= 15 is 0 Å². The number of hydrogen-bond acceptors (Lipinski definition) is 7. The van der Waals surface area contributed by atoms with Crippen molar-refractivity contribution < 1.29 is 26.8 Å². The lowest BCUT2D eigenvalue weighted by molar-refractivity contribution is -0.152. The first kappa shape index (κ1) is 24.8. The van der Waals surface area contributed by atoms with Crippen LogP contribution in [0.1, 0.15) is 19.4 Å². The van der Waals surface area contributed by atoms with E-state index < -0.39 is 36.2 Å². The molecular formula is C22H37NO6SSi. The zero-order valence-corrected chi connectivity index (χ0v) is 21.4. The van der Waals surface area contributed by atoms with Crippen molar-refractivity contribution in [2.24, 2.45) is 0 Å². The van der Waals surface area contributed by atoms with Crippen LogP contribution in [0.15, 0.2) is 30.3 Å². The summed E-state index contributed by atoms with van der Waals surface area (Å²) in [6, 6.07) is 11.0. The Hall–Kier alpha value is -0.813. The van der Waals surface area contributed by atoms with Crippen LogP contribution in [0, 0.1) is 0 Å². The lowest BCUT2D eigenvalue weighted by atomic mass is 10.0. The second kappa shape index (κ2) is 9.58. The molecule has 0 radical (unpaired) electrons. The van der Waals surface area contributed by atoms with Gasteiger partial charge in [-0.1, -0.05) is 50.0 Å². The summed E-state index contributed by atoms with van der Waals surface area (Å²) in [6.07, 6.45) is -0.141. The van der Waals surface area contributed by atoms with Crippen molar-refractivity contribution >= 4 is 18.2 Å². The van der Waals surface area contributed by atoms with Gasteiger partial charge in [0.1, 0.15) is 18.3 Å². The highest BCUT2D eigenvalue weighted by Gasteiger charge is 2.52. The SMILES string of the molecule is CC1(C)OC[C@H]([C@H]2[C@@H](OCC[Si](C)(C)C)[C@H](OS(C)(=O)=O)CN2Cc2ccccc2)O1. The average molecular weight is 472 g/mol. The fourth-order valence-electron chi connectivity index (χ4n) is 4.22. The molecule has 0 aromatic heterocycles. The summed E-state index contributed by atoms with van der Waals surface area (Å²) in [5.41, 5.74) is 1.14. The maximum atomic E-state index is 12.0. The van der Waals surface area contributed by atoms with Gasteiger partial charge in [-0.2, -0.15) is 8.42 Å². The van der Waals surface area contributed by atoms with Crippen molar-refractivity contribution in [3.05, 3.63) is 35.9 Å². The van der Waals surface area contributed by atoms with E-state index in [0.29, 0.717) is 26.3 Å². The summed E-state index contributed by atoms with van der Waals surface area (Å²) >= 11 is 0. The topological polar surface area (TPSA) is 74.3 Å². The van der Waals surface area contributed by atoms with Gasteiger partial charge in [0.15, 0.2) is 5.79 Å². The summed E-state index contributed by atoms with van der Waals surface area (Å²) in [4.78, 5) is 2.22. The molecule has 176 valence electrons. The van der Waals surface area contributed by atoms with Crippen molar-refractivity contribution in [2.75, 3.05) is 26.0 Å². The van der Waals surface area contributed by atoms with Crippen LogP contribution in [0.3, 0.4) is 0 Å². The molecule has 0 spiro atoms. The first-order valence-corrected chi connectivity index (χ1v) is 16.4. The minimum absolute atomic E-state index is 0.171. The summed E-state index contributed by atoms with van der Waals surface area (Å²) in [5.74, 6) is -0.679. The molecule has 31 heavy (non-hydrogen) atoms. The maximum Gasteiger partial charge on any atom is 0.264 e. The molecule has 2 aliphatic heterocycles. The molecule has 1 aromatic carbocycles. The number of rotatable bonds is 9. The van der Waals surface area contributed by atoms with E-state index in [1.165, 1.54) is 0 Å². The Morgan fingerprint density at radius 3 is 2.42 bits per heavy atom. The second-order valence-corrected chi connectivity index (χ2v) is 17.5. The predicted molar refractivity (Wildman–Crippen MR) is 123 cm³/mol. The van der Waals surface area contributed by atoms with Crippen LogP contribution in [0.2, 0.25) is 25.7 Å². The van der Waals surface area contributed by atoms with Gasteiger partial charge < -0.3 is 14.2 Å². The van der Waals surface area contributed by atoms with Gasteiger partial charge in [-0.15, -0.1) is 0 Å². The Labute approximate surface area is 188 Å². The number of hydrogen-bond donors (Lipinski definition) is 0. The molecule has 2 aliphatic rings. The smallest absolute Gasteiger partial charge is 0.264 e. The summed E-state index contributed by atoms with van der Waals surface area (Å²) in [6.45, 7) is 12.8. The van der Waals surface area contributed by atoms with E-state index in [0.717, 1.165) is 17.9 Å². The quantitative estimate of drug-likeness (QED) is 0.405. The Balaban J connectivity index is 1.87.